The molecule has 45 heavy (non-hydrogen) atoms. The second-order valence-electron chi connectivity index (χ2n) is 11.8. The normalized spacial score (nSPS) is 19.0. The lowest BCUT2D eigenvalue weighted by Crippen LogP contribution is -2.34. The third-order valence-corrected chi connectivity index (χ3v) is 9.23. The third kappa shape index (κ3) is 5.47. The molecule has 10 bridgehead atoms. The summed E-state index contributed by atoms with van der Waals surface area (Å²) in [5, 5.41) is 14.9. The van der Waals surface area contributed by atoms with Gasteiger partial charge in [0.25, 0.3) is 0 Å². The van der Waals surface area contributed by atoms with Crippen LogP contribution in [0.5, 0.6) is 46.0 Å². The van der Waals surface area contributed by atoms with Gasteiger partial charge in [-0.05, 0) is 110 Å². The molecule has 0 fully saturated rings. The molecular weight excluding hydrogens is 572 g/mol. The highest BCUT2D eigenvalue weighted by atomic mass is 17.2. The average molecular weight is 611 g/mol. The van der Waals surface area contributed by atoms with E-state index < -0.39 is 0 Å². The minimum absolute atomic E-state index is 0.0261. The zero-order valence-corrected chi connectivity index (χ0v) is 26.0. The Morgan fingerprint density at radius 3 is 2.33 bits per heavy atom. The number of rotatable bonds is 3. The molecule has 2 atom stereocenters. The highest BCUT2D eigenvalue weighted by molar-refractivity contribution is 5.60. The van der Waals surface area contributed by atoms with Gasteiger partial charge in [-0.1, -0.05) is 18.2 Å². The lowest BCUT2D eigenvalue weighted by Gasteiger charge is -2.36. The molecule has 9 heteroatoms. The van der Waals surface area contributed by atoms with Gasteiger partial charge in [0, 0.05) is 24.2 Å². The first kappa shape index (κ1) is 29.1. The highest BCUT2D eigenvalue weighted by Crippen LogP contribution is 2.48. The van der Waals surface area contributed by atoms with E-state index >= 15 is 0 Å². The van der Waals surface area contributed by atoms with Crippen molar-refractivity contribution in [3.05, 3.63) is 94.0 Å². The van der Waals surface area contributed by atoms with Crippen molar-refractivity contribution in [2.45, 2.75) is 37.8 Å². The number of phenolic OH excluding ortho intramolecular Hbond substituents is 1. The number of nitrogens with zero attached hydrogens (tertiary/aromatic N) is 1. The summed E-state index contributed by atoms with van der Waals surface area (Å²) < 4.78 is 23.4. The van der Waals surface area contributed by atoms with E-state index in [-0.39, 0.29) is 23.6 Å². The van der Waals surface area contributed by atoms with Gasteiger partial charge in [-0.25, -0.2) is 0 Å². The number of likely N-dealkylation sites (N-methyl/N-ethyl adjacent to an activating group) is 1. The van der Waals surface area contributed by atoms with Crippen LogP contribution in [0, 0.1) is 0 Å². The lowest BCUT2D eigenvalue weighted by atomic mass is 9.87. The van der Waals surface area contributed by atoms with Crippen LogP contribution in [0.15, 0.2) is 60.7 Å². The van der Waals surface area contributed by atoms with Crippen molar-refractivity contribution in [3.63, 3.8) is 0 Å². The number of phenols is 1. The second-order valence-corrected chi connectivity index (χ2v) is 11.8. The van der Waals surface area contributed by atoms with E-state index in [0.717, 1.165) is 53.9 Å². The summed E-state index contributed by atoms with van der Waals surface area (Å²) in [6, 6.07) is 20.2. The maximum Gasteiger partial charge on any atom is 0.227 e. The summed E-state index contributed by atoms with van der Waals surface area (Å²) in [4.78, 5) is 14.4. The first-order valence-electron chi connectivity index (χ1n) is 15.3. The van der Waals surface area contributed by atoms with Crippen LogP contribution in [0.1, 0.15) is 45.5 Å². The molecule has 2 N–H and O–H groups in total. The van der Waals surface area contributed by atoms with Crippen LogP contribution in [0.3, 0.4) is 0 Å². The van der Waals surface area contributed by atoms with Gasteiger partial charge < -0.3 is 29.4 Å². The van der Waals surface area contributed by atoms with Gasteiger partial charge in [0.2, 0.25) is 17.2 Å². The van der Waals surface area contributed by atoms with E-state index in [4.69, 9.17) is 28.7 Å². The Balaban J connectivity index is 1.38. The zero-order valence-electron chi connectivity index (χ0n) is 26.0. The van der Waals surface area contributed by atoms with Gasteiger partial charge in [-0.15, -0.1) is 0 Å². The average Bonchev–Trinajstić information content (AvgIpc) is 3.06. The SMILES string of the molecule is COc1cc2c3cc1OOc1c(O)c(OC)cc4c1CCN(C)[C@@H]4Cc1ccc(OC)c(c1)Oc1ccc(cc1)C[C@H]3NCC2. The van der Waals surface area contributed by atoms with Crippen molar-refractivity contribution in [1.82, 2.24) is 10.2 Å². The fraction of sp³-hybridized carbons (Fsp3) is 0.333. The van der Waals surface area contributed by atoms with Crippen LogP contribution in [0.25, 0.3) is 0 Å². The Hall–Kier alpha value is -4.60. The van der Waals surface area contributed by atoms with Crippen molar-refractivity contribution in [3.8, 4) is 46.0 Å². The van der Waals surface area contributed by atoms with Crippen molar-refractivity contribution >= 4 is 0 Å². The Labute approximate surface area is 263 Å². The smallest absolute Gasteiger partial charge is 0.227 e. The summed E-state index contributed by atoms with van der Waals surface area (Å²) in [5.41, 5.74) is 6.45. The van der Waals surface area contributed by atoms with E-state index in [1.54, 1.807) is 14.2 Å². The Morgan fingerprint density at radius 1 is 0.778 bits per heavy atom. The van der Waals surface area contributed by atoms with Crippen molar-refractivity contribution in [2.24, 2.45) is 0 Å². The molecule has 4 aliphatic heterocycles. The molecule has 0 amide bonds. The van der Waals surface area contributed by atoms with Crippen molar-refractivity contribution in [2.75, 3.05) is 41.5 Å². The Bertz CT molecular complexity index is 1720. The van der Waals surface area contributed by atoms with Gasteiger partial charge in [0.1, 0.15) is 5.75 Å². The topological polar surface area (TPSA) is 90.9 Å². The van der Waals surface area contributed by atoms with Gasteiger partial charge in [-0.3, -0.25) is 14.7 Å². The van der Waals surface area contributed by atoms with Crippen LogP contribution >= 0.6 is 0 Å². The minimum Gasteiger partial charge on any atom is -0.502 e. The summed E-state index contributed by atoms with van der Waals surface area (Å²) in [6.45, 7) is 1.62. The van der Waals surface area contributed by atoms with E-state index in [9.17, 15) is 5.11 Å². The number of fused-ring (bicyclic) bond motifs is 3. The molecule has 0 radical (unpaired) electrons. The molecule has 0 aliphatic carbocycles. The maximum absolute atomic E-state index is 11.3. The van der Waals surface area contributed by atoms with E-state index in [2.05, 4.69) is 35.5 Å². The summed E-state index contributed by atoms with van der Waals surface area (Å²) >= 11 is 0. The summed E-state index contributed by atoms with van der Waals surface area (Å²) in [5.74, 6) is 3.54. The van der Waals surface area contributed by atoms with Gasteiger partial charge >= 0.3 is 0 Å². The quantitative estimate of drug-likeness (QED) is 0.267. The van der Waals surface area contributed by atoms with Gasteiger partial charge in [-0.2, -0.15) is 0 Å². The molecule has 9 nitrogen and oxygen atoms in total. The maximum atomic E-state index is 11.3. The predicted octanol–water partition coefficient (Wildman–Crippen LogP) is 6.10. The van der Waals surface area contributed by atoms with E-state index in [1.807, 2.05) is 42.5 Å². The fourth-order valence-corrected chi connectivity index (χ4v) is 6.78. The summed E-state index contributed by atoms with van der Waals surface area (Å²) in [6.07, 6.45) is 3.00. The van der Waals surface area contributed by atoms with Crippen LogP contribution in [-0.4, -0.2) is 51.5 Å². The van der Waals surface area contributed by atoms with Crippen molar-refractivity contribution < 1.29 is 33.8 Å². The minimum atomic E-state index is -0.0960. The number of methoxy groups -OCH3 is 3. The number of ether oxygens (including phenoxy) is 4. The third-order valence-electron chi connectivity index (χ3n) is 9.23. The molecule has 234 valence electrons. The van der Waals surface area contributed by atoms with Crippen molar-refractivity contribution in [1.29, 1.82) is 0 Å². The number of benzene rings is 4. The van der Waals surface area contributed by atoms with Gasteiger partial charge in [0.05, 0.1) is 21.3 Å². The van der Waals surface area contributed by atoms with Crippen LogP contribution in [0.4, 0.5) is 0 Å². The lowest BCUT2D eigenvalue weighted by molar-refractivity contribution is -0.105. The largest absolute Gasteiger partial charge is 0.502 e. The standard InChI is InChI=1S/C36H38N2O7/c1-38-14-12-25-27-20-34(42-4)35(39)36(25)45-44-33-19-26-23(18-31(33)41-3)11-13-37-28(26)15-21-5-8-24(9-6-21)43-32-17-22(16-29(27)38)7-10-30(32)40-2/h5-10,17-20,28-29,37,39H,11-16H2,1-4H3/t28-,29-/m1/s1. The van der Waals surface area contributed by atoms with Crippen LogP contribution < -0.4 is 34.0 Å². The monoisotopic (exact) mass is 610 g/mol. The first-order valence-corrected chi connectivity index (χ1v) is 15.3. The molecule has 0 spiro atoms. The highest BCUT2D eigenvalue weighted by Gasteiger charge is 2.32. The number of aromatic hydroxyl groups is 1. The molecule has 4 aromatic rings. The Kier molecular flexibility index (Phi) is 7.81. The number of nitrogens with one attached hydrogen (secondary N) is 1. The summed E-state index contributed by atoms with van der Waals surface area (Å²) in [7, 11) is 6.92. The molecule has 0 saturated heterocycles. The number of hydrogen-bond acceptors (Lipinski definition) is 9. The molecule has 0 saturated carbocycles. The molecule has 4 heterocycles. The molecule has 4 aromatic carbocycles. The fourth-order valence-electron chi connectivity index (χ4n) is 6.78. The number of hydrogen-bond donors (Lipinski definition) is 2. The Morgan fingerprint density at radius 2 is 1.56 bits per heavy atom. The van der Waals surface area contributed by atoms with E-state index in [1.165, 1.54) is 18.2 Å². The van der Waals surface area contributed by atoms with Crippen LogP contribution in [-0.2, 0) is 25.7 Å². The molecule has 0 unspecified atom stereocenters. The van der Waals surface area contributed by atoms with Gasteiger partial charge in [0.15, 0.2) is 23.0 Å². The molecule has 4 aliphatic rings. The van der Waals surface area contributed by atoms with Crippen LogP contribution in [0.2, 0.25) is 0 Å². The molecule has 0 aromatic heterocycles. The zero-order chi connectivity index (χ0) is 31.1. The molecule has 8 rings (SSSR count). The first-order chi connectivity index (χ1) is 21.9. The second kappa shape index (κ2) is 12.1. The predicted molar refractivity (Wildman–Crippen MR) is 169 cm³/mol. The molecular formula is C36H38N2O7. The van der Waals surface area contributed by atoms with E-state index in [0.29, 0.717) is 41.6 Å².